The van der Waals surface area contributed by atoms with Gasteiger partial charge in [0.2, 0.25) is 0 Å². The summed E-state index contributed by atoms with van der Waals surface area (Å²) in [6.07, 6.45) is 3.85. The van der Waals surface area contributed by atoms with Crippen molar-refractivity contribution >= 4 is 46.3 Å². The van der Waals surface area contributed by atoms with Crippen molar-refractivity contribution in [3.8, 4) is 11.5 Å². The number of allylic oxidation sites excluding steroid dienone is 1. The Morgan fingerprint density at radius 2 is 2.20 bits per heavy atom. The molecule has 1 amide bonds. The molecule has 1 saturated heterocycles. The van der Waals surface area contributed by atoms with Crippen molar-refractivity contribution in [1.82, 2.24) is 5.32 Å². The molecule has 1 aliphatic rings. The molecule has 1 fully saturated rings. The average molecular weight is 379 g/mol. The van der Waals surface area contributed by atoms with E-state index in [1.807, 2.05) is 13.0 Å². The molecule has 0 radical (unpaired) electrons. The molecule has 2 N–H and O–H groups in total. The summed E-state index contributed by atoms with van der Waals surface area (Å²) in [6.45, 7) is 5.44. The van der Waals surface area contributed by atoms with Crippen molar-refractivity contribution in [2.24, 2.45) is 0 Å². The number of hydrogen-bond acceptors (Lipinski definition) is 6. The fourth-order valence-electron chi connectivity index (χ4n) is 2.21. The quantitative estimate of drug-likeness (QED) is 0.408. The summed E-state index contributed by atoms with van der Waals surface area (Å²) in [6, 6.07) is 3.51. The number of carbonyl (C=O) groups is 2. The number of amides is 1. The van der Waals surface area contributed by atoms with E-state index in [2.05, 4.69) is 11.9 Å². The molecule has 0 spiro atoms. The van der Waals surface area contributed by atoms with E-state index in [0.29, 0.717) is 33.8 Å². The molecule has 25 heavy (non-hydrogen) atoms. The van der Waals surface area contributed by atoms with Crippen LogP contribution < -0.4 is 14.8 Å². The minimum absolute atomic E-state index is 0.246. The summed E-state index contributed by atoms with van der Waals surface area (Å²) in [5.74, 6) is -0.540. The Balaban J connectivity index is 2.46. The smallest absolute Gasteiger partial charge is 0.341 e. The number of carboxylic acids is 1. The second-order valence-electron chi connectivity index (χ2n) is 4.97. The summed E-state index contributed by atoms with van der Waals surface area (Å²) < 4.78 is 11.4. The fourth-order valence-corrected chi connectivity index (χ4v) is 3.25. The van der Waals surface area contributed by atoms with Crippen LogP contribution in [0, 0.1) is 0 Å². The van der Waals surface area contributed by atoms with E-state index >= 15 is 0 Å². The monoisotopic (exact) mass is 379 g/mol. The van der Waals surface area contributed by atoms with Gasteiger partial charge in [0, 0.05) is 5.56 Å². The van der Waals surface area contributed by atoms with Gasteiger partial charge in [0.05, 0.1) is 11.5 Å². The first-order chi connectivity index (χ1) is 11.9. The number of carbonyl (C=O) groups excluding carboxylic acids is 1. The van der Waals surface area contributed by atoms with Gasteiger partial charge in [0.1, 0.15) is 4.32 Å². The van der Waals surface area contributed by atoms with Crippen LogP contribution >= 0.6 is 24.0 Å². The zero-order valence-corrected chi connectivity index (χ0v) is 15.2. The normalized spacial score (nSPS) is 15.2. The zero-order chi connectivity index (χ0) is 18.4. The molecule has 1 heterocycles. The van der Waals surface area contributed by atoms with Crippen molar-refractivity contribution in [2.75, 3.05) is 13.2 Å². The Bertz CT molecular complexity index is 758. The molecule has 132 valence electrons. The van der Waals surface area contributed by atoms with Crippen LogP contribution in [0.1, 0.15) is 18.1 Å². The largest absolute Gasteiger partial charge is 0.490 e. The summed E-state index contributed by atoms with van der Waals surface area (Å²) in [5.41, 5.74) is 1.45. The highest BCUT2D eigenvalue weighted by Crippen LogP contribution is 2.36. The molecular formula is C17H17NO5S2. The lowest BCUT2D eigenvalue weighted by molar-refractivity contribution is -0.139. The lowest BCUT2D eigenvalue weighted by Crippen LogP contribution is -2.17. The van der Waals surface area contributed by atoms with Crippen LogP contribution in [-0.2, 0) is 16.0 Å². The van der Waals surface area contributed by atoms with Crippen LogP contribution in [0.2, 0.25) is 0 Å². The van der Waals surface area contributed by atoms with Crippen molar-refractivity contribution in [2.45, 2.75) is 13.3 Å². The molecule has 6 nitrogen and oxygen atoms in total. The van der Waals surface area contributed by atoms with Gasteiger partial charge in [-0.25, -0.2) is 4.79 Å². The molecule has 0 unspecified atom stereocenters. The number of nitrogens with one attached hydrogen (secondary N) is 1. The van der Waals surface area contributed by atoms with Crippen LogP contribution in [0.4, 0.5) is 0 Å². The number of rotatable bonds is 8. The van der Waals surface area contributed by atoms with Crippen molar-refractivity contribution in [3.05, 3.63) is 40.8 Å². The van der Waals surface area contributed by atoms with Gasteiger partial charge in [0.25, 0.3) is 5.91 Å². The number of aliphatic carboxylic acids is 1. The van der Waals surface area contributed by atoms with E-state index in [1.54, 1.807) is 18.2 Å². The van der Waals surface area contributed by atoms with Gasteiger partial charge in [-0.15, -0.1) is 6.58 Å². The maximum Gasteiger partial charge on any atom is 0.341 e. The molecule has 0 aromatic heterocycles. The first-order valence-electron chi connectivity index (χ1n) is 7.44. The number of benzene rings is 1. The number of thioether (sulfide) groups is 1. The van der Waals surface area contributed by atoms with E-state index in [1.165, 1.54) is 11.8 Å². The van der Waals surface area contributed by atoms with Crippen LogP contribution in [0.15, 0.2) is 29.7 Å². The van der Waals surface area contributed by atoms with Gasteiger partial charge in [-0.3, -0.25) is 4.79 Å². The fraction of sp³-hybridized carbons (Fsp3) is 0.235. The number of thiocarbonyl (C=S) groups is 1. The SMILES string of the molecule is C=CCc1cc(/C=C2\SC(=S)NC2=O)cc(OCC)c1OCC(=O)O. The summed E-state index contributed by atoms with van der Waals surface area (Å²) in [4.78, 5) is 23.1. The molecule has 0 aliphatic carbocycles. The molecule has 0 atom stereocenters. The van der Waals surface area contributed by atoms with E-state index in [0.717, 1.165) is 11.1 Å². The second kappa shape index (κ2) is 8.68. The van der Waals surface area contributed by atoms with Crippen molar-refractivity contribution in [1.29, 1.82) is 0 Å². The first-order valence-corrected chi connectivity index (χ1v) is 8.67. The Kier molecular flexibility index (Phi) is 6.60. The molecule has 2 rings (SSSR count). The predicted molar refractivity (Wildman–Crippen MR) is 101 cm³/mol. The Morgan fingerprint density at radius 3 is 2.76 bits per heavy atom. The summed E-state index contributed by atoms with van der Waals surface area (Å²) in [7, 11) is 0. The summed E-state index contributed by atoms with van der Waals surface area (Å²) >= 11 is 6.17. The Labute approximate surface area is 154 Å². The molecule has 0 bridgehead atoms. The average Bonchev–Trinajstić information content (AvgIpc) is 2.84. The van der Waals surface area contributed by atoms with E-state index < -0.39 is 12.6 Å². The van der Waals surface area contributed by atoms with Crippen LogP contribution in [0.25, 0.3) is 6.08 Å². The molecule has 1 aromatic rings. The zero-order valence-electron chi connectivity index (χ0n) is 13.5. The van der Waals surface area contributed by atoms with Gasteiger partial charge in [-0.2, -0.15) is 0 Å². The van der Waals surface area contributed by atoms with Gasteiger partial charge in [-0.1, -0.05) is 30.1 Å². The summed E-state index contributed by atoms with van der Waals surface area (Å²) in [5, 5.41) is 11.4. The minimum Gasteiger partial charge on any atom is -0.490 e. The van der Waals surface area contributed by atoms with Crippen LogP contribution in [0.5, 0.6) is 11.5 Å². The lowest BCUT2D eigenvalue weighted by Gasteiger charge is -2.16. The standard InChI is InChI=1S/C17H17NO5S2/c1-3-5-11-6-10(8-13-16(21)18-17(24)25-13)7-12(22-4-2)15(11)23-9-14(19)20/h3,6-8H,1,4-5,9H2,2H3,(H,19,20)(H,18,21,24)/b13-8-. The van der Waals surface area contributed by atoms with Gasteiger partial charge < -0.3 is 19.9 Å². The van der Waals surface area contributed by atoms with Crippen LogP contribution in [0.3, 0.4) is 0 Å². The Morgan fingerprint density at radius 1 is 1.44 bits per heavy atom. The first kappa shape index (κ1) is 19.0. The highest BCUT2D eigenvalue weighted by atomic mass is 32.2. The molecule has 0 saturated carbocycles. The lowest BCUT2D eigenvalue weighted by atomic mass is 10.0. The van der Waals surface area contributed by atoms with Crippen molar-refractivity contribution in [3.63, 3.8) is 0 Å². The van der Waals surface area contributed by atoms with Crippen molar-refractivity contribution < 1.29 is 24.2 Å². The third-order valence-corrected chi connectivity index (χ3v) is 4.26. The maximum absolute atomic E-state index is 11.8. The molecule has 1 aliphatic heterocycles. The van der Waals surface area contributed by atoms with Crippen LogP contribution in [-0.4, -0.2) is 34.5 Å². The molecule has 1 aromatic carbocycles. The minimum atomic E-state index is -1.08. The molecular weight excluding hydrogens is 362 g/mol. The number of carboxylic acid groups (broad SMARTS) is 1. The number of hydrogen-bond donors (Lipinski definition) is 2. The highest BCUT2D eigenvalue weighted by molar-refractivity contribution is 8.26. The second-order valence-corrected chi connectivity index (χ2v) is 6.69. The van der Waals surface area contributed by atoms with E-state index in [-0.39, 0.29) is 5.91 Å². The molecule has 8 heteroatoms. The topological polar surface area (TPSA) is 84.9 Å². The third kappa shape index (κ3) is 5.07. The van der Waals surface area contributed by atoms with Gasteiger partial charge in [0.15, 0.2) is 18.1 Å². The highest BCUT2D eigenvalue weighted by Gasteiger charge is 2.22. The van der Waals surface area contributed by atoms with Gasteiger partial charge in [-0.05, 0) is 37.1 Å². The van der Waals surface area contributed by atoms with Gasteiger partial charge >= 0.3 is 5.97 Å². The van der Waals surface area contributed by atoms with E-state index in [4.69, 9.17) is 26.8 Å². The Hall–Kier alpha value is -2.32. The number of ether oxygens (including phenoxy) is 2. The maximum atomic E-state index is 11.8. The third-order valence-electron chi connectivity index (χ3n) is 3.10. The van der Waals surface area contributed by atoms with E-state index in [9.17, 15) is 9.59 Å². The predicted octanol–water partition coefficient (Wildman–Crippen LogP) is 2.77.